The number of nitrogens with one attached hydrogen (secondary N) is 1. The Bertz CT molecular complexity index is 1780. The molecule has 0 fully saturated rings. The Hall–Kier alpha value is -3.36. The van der Waals surface area contributed by atoms with Crippen molar-refractivity contribution in [2.24, 2.45) is 0 Å². The van der Waals surface area contributed by atoms with Crippen molar-refractivity contribution in [1.82, 2.24) is 5.32 Å². The predicted octanol–water partition coefficient (Wildman–Crippen LogP) is 20.4. The van der Waals surface area contributed by atoms with Crippen LogP contribution in [0.3, 0.4) is 0 Å². The van der Waals surface area contributed by atoms with Crippen molar-refractivity contribution in [3.8, 4) is 0 Å². The van der Waals surface area contributed by atoms with Gasteiger partial charge in [-0.1, -0.05) is 282 Å². The van der Waals surface area contributed by atoms with E-state index in [-0.39, 0.29) is 12.5 Å². The first-order valence-electron chi connectivity index (χ1n) is 33.0. The van der Waals surface area contributed by atoms with Gasteiger partial charge in [0.1, 0.15) is 13.2 Å². The maximum atomic E-state index is 13.0. The van der Waals surface area contributed by atoms with E-state index >= 15 is 0 Å². The molecule has 0 rings (SSSR count). The lowest BCUT2D eigenvalue weighted by Crippen LogP contribution is -2.45. The number of hydrogen-bond acceptors (Lipinski definition) is 6. The zero-order valence-electron chi connectivity index (χ0n) is 52.9. The molecule has 0 aromatic rings. The van der Waals surface area contributed by atoms with E-state index in [9.17, 15) is 19.4 Å². The first-order chi connectivity index (χ1) is 39.5. The van der Waals surface area contributed by atoms with E-state index < -0.39 is 26.6 Å². The lowest BCUT2D eigenvalue weighted by molar-refractivity contribution is -0.870. The van der Waals surface area contributed by atoms with E-state index in [1.54, 1.807) is 6.08 Å². The van der Waals surface area contributed by atoms with Gasteiger partial charge in [0.15, 0.2) is 0 Å². The van der Waals surface area contributed by atoms with Crippen LogP contribution in [0.2, 0.25) is 0 Å². The zero-order valence-corrected chi connectivity index (χ0v) is 53.8. The Kier molecular flexibility index (Phi) is 58.7. The van der Waals surface area contributed by atoms with Crippen molar-refractivity contribution in [3.05, 3.63) is 134 Å². The van der Waals surface area contributed by atoms with Crippen molar-refractivity contribution in [3.63, 3.8) is 0 Å². The molecular formula is C72H125N2O6P. The minimum absolute atomic E-state index is 0.0162. The monoisotopic (exact) mass is 1140 g/mol. The van der Waals surface area contributed by atoms with Gasteiger partial charge in [0.25, 0.3) is 7.82 Å². The van der Waals surface area contributed by atoms with Crippen LogP contribution in [0.4, 0.5) is 0 Å². The molecule has 3 unspecified atom stereocenters. The van der Waals surface area contributed by atoms with Crippen LogP contribution in [-0.2, 0) is 18.4 Å². The third-order valence-corrected chi connectivity index (χ3v) is 15.0. The summed E-state index contributed by atoms with van der Waals surface area (Å²) in [6, 6.07) is -0.923. The number of aliphatic hydroxyl groups is 1. The molecule has 0 aliphatic carbocycles. The minimum atomic E-state index is -4.62. The number of amides is 1. The second kappa shape index (κ2) is 61.2. The SMILES string of the molecule is CC/C=C\C/C=C\C/C=C\C/C=C\C/C=C\C/C=C\C/C=C\C/C=C\CCCCCCCCCCCCC(=O)NC(COP(=O)([O-])OCC[N+](C)(C)C)C(O)/C=C/CC/C=C/CC/C=C/CCCCCCCCCCCCCCCC. The number of rotatable bonds is 59. The van der Waals surface area contributed by atoms with Crippen LogP contribution in [0.5, 0.6) is 0 Å². The van der Waals surface area contributed by atoms with Gasteiger partial charge >= 0.3 is 0 Å². The summed E-state index contributed by atoms with van der Waals surface area (Å²) < 4.78 is 23.4. The van der Waals surface area contributed by atoms with E-state index in [2.05, 4.69) is 141 Å². The molecule has 1 amide bonds. The number of hydrogen-bond donors (Lipinski definition) is 2. The van der Waals surface area contributed by atoms with E-state index in [1.165, 1.54) is 135 Å². The van der Waals surface area contributed by atoms with Crippen LogP contribution in [0.25, 0.3) is 0 Å². The van der Waals surface area contributed by atoms with Crippen molar-refractivity contribution in [2.45, 2.75) is 276 Å². The fourth-order valence-electron chi connectivity index (χ4n) is 8.97. The number of unbranched alkanes of at least 4 members (excludes halogenated alkanes) is 26. The molecule has 8 nitrogen and oxygen atoms in total. The van der Waals surface area contributed by atoms with Gasteiger partial charge in [0.05, 0.1) is 39.9 Å². The normalized spacial score (nSPS) is 14.6. The first-order valence-corrected chi connectivity index (χ1v) is 34.5. The van der Waals surface area contributed by atoms with Gasteiger partial charge in [-0.2, -0.15) is 0 Å². The van der Waals surface area contributed by atoms with Crippen molar-refractivity contribution >= 4 is 13.7 Å². The van der Waals surface area contributed by atoms with E-state index in [1.807, 2.05) is 27.2 Å². The quantitative estimate of drug-likeness (QED) is 0.0272. The summed E-state index contributed by atoms with van der Waals surface area (Å²) in [6.07, 6.45) is 92.7. The molecule has 0 heterocycles. The Balaban J connectivity index is 4.22. The van der Waals surface area contributed by atoms with E-state index in [0.29, 0.717) is 17.4 Å². The summed E-state index contributed by atoms with van der Waals surface area (Å²) in [6.45, 7) is 4.51. The number of carbonyl (C=O) groups is 1. The Morgan fingerprint density at radius 2 is 0.765 bits per heavy atom. The summed E-state index contributed by atoms with van der Waals surface area (Å²) in [5.74, 6) is -0.220. The number of allylic oxidation sites excluding steroid dienone is 21. The highest BCUT2D eigenvalue weighted by molar-refractivity contribution is 7.45. The number of carbonyl (C=O) groups excluding carboxylic acids is 1. The molecule has 9 heteroatoms. The van der Waals surface area contributed by atoms with E-state index in [0.717, 1.165) is 109 Å². The fraction of sp³-hybridized carbons (Fsp3) is 0.681. The van der Waals surface area contributed by atoms with E-state index in [4.69, 9.17) is 9.05 Å². The number of likely N-dealkylation sites (N-methyl/N-ethyl adjacent to an activating group) is 1. The molecular weight excluding hydrogens is 1020 g/mol. The van der Waals surface area contributed by atoms with Crippen LogP contribution < -0.4 is 10.2 Å². The third-order valence-electron chi connectivity index (χ3n) is 14.1. The number of quaternary nitrogens is 1. The Morgan fingerprint density at radius 3 is 1.15 bits per heavy atom. The Labute approximate surface area is 500 Å². The summed E-state index contributed by atoms with van der Waals surface area (Å²) >= 11 is 0. The molecule has 2 N–H and O–H groups in total. The minimum Gasteiger partial charge on any atom is -0.756 e. The highest BCUT2D eigenvalue weighted by Crippen LogP contribution is 2.38. The smallest absolute Gasteiger partial charge is 0.268 e. The maximum absolute atomic E-state index is 13.0. The average molecular weight is 1150 g/mol. The highest BCUT2D eigenvalue weighted by Gasteiger charge is 2.23. The van der Waals surface area contributed by atoms with Gasteiger partial charge in [-0.15, -0.1) is 0 Å². The zero-order chi connectivity index (χ0) is 59.1. The number of aliphatic hydroxyl groups excluding tert-OH is 1. The molecule has 0 aliphatic heterocycles. The molecule has 0 spiro atoms. The highest BCUT2D eigenvalue weighted by atomic mass is 31.2. The molecule has 0 aromatic heterocycles. The van der Waals surface area contributed by atoms with Crippen LogP contribution in [0.1, 0.15) is 264 Å². The fourth-order valence-corrected chi connectivity index (χ4v) is 9.69. The molecule has 464 valence electrons. The van der Waals surface area contributed by atoms with Gasteiger partial charge in [-0.3, -0.25) is 9.36 Å². The maximum Gasteiger partial charge on any atom is 0.268 e. The molecule has 0 aromatic carbocycles. The molecule has 81 heavy (non-hydrogen) atoms. The number of phosphoric ester groups is 1. The van der Waals surface area contributed by atoms with Crippen LogP contribution in [-0.4, -0.2) is 68.5 Å². The second-order valence-corrected chi connectivity index (χ2v) is 24.5. The third kappa shape index (κ3) is 64.1. The molecule has 0 bridgehead atoms. The van der Waals surface area contributed by atoms with Crippen molar-refractivity contribution in [2.75, 3.05) is 40.9 Å². The topological polar surface area (TPSA) is 108 Å². The summed E-state index contributed by atoms with van der Waals surface area (Å²) in [7, 11) is 1.22. The van der Waals surface area contributed by atoms with Gasteiger partial charge in [-0.05, 0) is 109 Å². The van der Waals surface area contributed by atoms with Crippen LogP contribution >= 0.6 is 7.82 Å². The number of nitrogens with zero attached hydrogens (tertiary/aromatic N) is 1. The standard InChI is InChI=1S/C72H125N2O6P/c1-6-8-10-12-14-16-18-20-22-24-26-28-30-32-33-34-35-36-37-38-39-40-41-42-44-46-48-50-52-54-56-58-60-62-64-66-72(76)73-70(69-80-81(77,78)79-68-67-74(3,4)5)71(75)65-63-61-59-57-55-53-51-49-47-45-43-31-29-27-25-23-21-19-17-15-13-11-9-7-2/h8,10,14,16,20,22,26,28,32-33,35-36,38-39,41-42,47,49,55,57,63,65,70-71,75H,6-7,9,11-13,15,17-19,21,23-25,27,29-31,34,37,40,43-46,48,50-54,56,58-62,64,66-69H2,1-5H3,(H-,73,76,77,78)/b10-8-,16-14-,22-20-,28-26-,33-32-,36-35-,39-38-,42-41-,49-47+,57-55+,65-63+. The van der Waals surface area contributed by atoms with Crippen molar-refractivity contribution in [1.29, 1.82) is 0 Å². The van der Waals surface area contributed by atoms with Crippen LogP contribution in [0.15, 0.2) is 134 Å². The average Bonchev–Trinajstić information content (AvgIpc) is 3.43. The first kappa shape index (κ1) is 77.6. The molecule has 0 saturated heterocycles. The lowest BCUT2D eigenvalue weighted by atomic mass is 10.0. The van der Waals surface area contributed by atoms with Gasteiger partial charge in [0, 0.05) is 6.42 Å². The summed E-state index contributed by atoms with van der Waals surface area (Å²) in [5.41, 5.74) is 0. The Morgan fingerprint density at radius 1 is 0.444 bits per heavy atom. The lowest BCUT2D eigenvalue weighted by Gasteiger charge is -2.29. The molecule has 0 radical (unpaired) electrons. The summed E-state index contributed by atoms with van der Waals surface area (Å²) in [5, 5.41) is 13.9. The van der Waals surface area contributed by atoms with Crippen molar-refractivity contribution < 1.29 is 32.9 Å². The van der Waals surface area contributed by atoms with Crippen LogP contribution in [0, 0.1) is 0 Å². The molecule has 0 aliphatic rings. The second-order valence-electron chi connectivity index (χ2n) is 23.1. The van der Waals surface area contributed by atoms with Gasteiger partial charge < -0.3 is 28.8 Å². The molecule has 3 atom stereocenters. The predicted molar refractivity (Wildman–Crippen MR) is 352 cm³/mol. The molecule has 0 saturated carbocycles. The number of phosphoric acid groups is 1. The summed E-state index contributed by atoms with van der Waals surface area (Å²) in [4.78, 5) is 25.6. The van der Waals surface area contributed by atoms with Gasteiger partial charge in [-0.25, -0.2) is 0 Å². The van der Waals surface area contributed by atoms with Gasteiger partial charge in [0.2, 0.25) is 5.91 Å². The largest absolute Gasteiger partial charge is 0.756 e.